The van der Waals surface area contributed by atoms with E-state index < -0.39 is 0 Å². The van der Waals surface area contributed by atoms with Crippen molar-refractivity contribution in [1.29, 1.82) is 0 Å². The molecule has 1 saturated heterocycles. The minimum absolute atomic E-state index is 0.0208. The molecule has 0 aliphatic carbocycles. The fourth-order valence-corrected chi connectivity index (χ4v) is 1.93. The van der Waals surface area contributed by atoms with Crippen LogP contribution >= 0.6 is 11.6 Å². The first-order valence-corrected chi connectivity index (χ1v) is 6.39. The molecule has 0 bridgehead atoms. The van der Waals surface area contributed by atoms with Gasteiger partial charge in [-0.25, -0.2) is 0 Å². The van der Waals surface area contributed by atoms with Gasteiger partial charge in [-0.2, -0.15) is 0 Å². The predicted molar refractivity (Wildman–Crippen MR) is 73.1 cm³/mol. The average Bonchev–Trinajstić information content (AvgIpc) is 2.35. The third kappa shape index (κ3) is 3.59. The Kier molecular flexibility index (Phi) is 4.63. The number of amidine groups is 1. The Morgan fingerprint density at radius 2 is 2.21 bits per heavy atom. The van der Waals surface area contributed by atoms with Gasteiger partial charge in [-0.3, -0.25) is 0 Å². The van der Waals surface area contributed by atoms with Gasteiger partial charge in [-0.05, 0) is 11.6 Å². The SMILES string of the molecule is N/C(Cc1ccccc1Cl)=N/OCC1(CO)COC1. The van der Waals surface area contributed by atoms with Gasteiger partial charge in [0, 0.05) is 11.4 Å². The zero-order chi connectivity index (χ0) is 13.7. The van der Waals surface area contributed by atoms with Crippen molar-refractivity contribution < 1.29 is 14.7 Å². The number of oxime groups is 1. The van der Waals surface area contributed by atoms with E-state index in [2.05, 4.69) is 5.16 Å². The lowest BCUT2D eigenvalue weighted by molar-refractivity contribution is -0.168. The van der Waals surface area contributed by atoms with Gasteiger partial charge in [-0.15, -0.1) is 0 Å². The fraction of sp³-hybridized carbons (Fsp3) is 0.462. The van der Waals surface area contributed by atoms with E-state index in [1.165, 1.54) is 0 Å². The van der Waals surface area contributed by atoms with E-state index in [0.717, 1.165) is 5.56 Å². The molecule has 1 fully saturated rings. The lowest BCUT2D eigenvalue weighted by Gasteiger charge is -2.38. The first-order chi connectivity index (χ1) is 9.15. The molecule has 0 amide bonds. The summed E-state index contributed by atoms with van der Waals surface area (Å²) in [6, 6.07) is 7.44. The average molecular weight is 285 g/mol. The van der Waals surface area contributed by atoms with Gasteiger partial charge in [0.15, 0.2) is 0 Å². The molecule has 0 radical (unpaired) electrons. The summed E-state index contributed by atoms with van der Waals surface area (Å²) in [4.78, 5) is 5.19. The molecule has 19 heavy (non-hydrogen) atoms. The number of benzene rings is 1. The Morgan fingerprint density at radius 3 is 2.79 bits per heavy atom. The molecule has 1 aliphatic heterocycles. The van der Waals surface area contributed by atoms with Crippen LogP contribution in [0.5, 0.6) is 0 Å². The highest BCUT2D eigenvalue weighted by atomic mass is 35.5. The van der Waals surface area contributed by atoms with E-state index in [1.54, 1.807) is 6.07 Å². The highest BCUT2D eigenvalue weighted by Gasteiger charge is 2.39. The number of aliphatic hydroxyl groups is 1. The predicted octanol–water partition coefficient (Wildman–Crippen LogP) is 1.18. The van der Waals surface area contributed by atoms with Crippen LogP contribution in [-0.2, 0) is 16.0 Å². The molecule has 1 aromatic carbocycles. The number of aliphatic hydroxyl groups excluding tert-OH is 1. The quantitative estimate of drug-likeness (QED) is 0.467. The van der Waals surface area contributed by atoms with Crippen molar-refractivity contribution in [2.75, 3.05) is 26.4 Å². The van der Waals surface area contributed by atoms with Gasteiger partial charge in [-0.1, -0.05) is 35.0 Å². The van der Waals surface area contributed by atoms with Crippen molar-refractivity contribution in [2.24, 2.45) is 16.3 Å². The van der Waals surface area contributed by atoms with Crippen molar-refractivity contribution >= 4 is 17.4 Å². The molecular weight excluding hydrogens is 268 g/mol. The standard InChI is InChI=1S/C13H17ClN2O3/c14-11-4-2-1-3-10(11)5-12(15)16-19-9-13(6-17)7-18-8-13/h1-4,17H,5-9H2,(H2,15,16). The van der Waals surface area contributed by atoms with Crippen molar-refractivity contribution in [3.63, 3.8) is 0 Å². The first kappa shape index (κ1) is 14.1. The number of hydrogen-bond donors (Lipinski definition) is 2. The number of halogens is 1. The maximum Gasteiger partial charge on any atom is 0.143 e. The number of nitrogens with zero attached hydrogens (tertiary/aromatic N) is 1. The van der Waals surface area contributed by atoms with Crippen molar-refractivity contribution in [3.05, 3.63) is 34.9 Å². The summed E-state index contributed by atoms with van der Waals surface area (Å²) in [7, 11) is 0. The molecule has 6 heteroatoms. The largest absolute Gasteiger partial charge is 0.395 e. The second kappa shape index (κ2) is 6.23. The van der Waals surface area contributed by atoms with Gasteiger partial charge in [0.25, 0.3) is 0 Å². The number of hydrogen-bond acceptors (Lipinski definition) is 4. The summed E-state index contributed by atoms with van der Waals surface area (Å²) in [5.74, 6) is 0.349. The van der Waals surface area contributed by atoms with E-state index in [0.29, 0.717) is 37.1 Å². The van der Waals surface area contributed by atoms with Crippen molar-refractivity contribution in [3.8, 4) is 0 Å². The van der Waals surface area contributed by atoms with E-state index >= 15 is 0 Å². The zero-order valence-corrected chi connectivity index (χ0v) is 11.3. The minimum Gasteiger partial charge on any atom is -0.395 e. The molecule has 0 atom stereocenters. The molecule has 104 valence electrons. The van der Waals surface area contributed by atoms with Crippen LogP contribution in [0.2, 0.25) is 5.02 Å². The Bertz CT molecular complexity index is 455. The topological polar surface area (TPSA) is 77.1 Å². The smallest absolute Gasteiger partial charge is 0.143 e. The zero-order valence-electron chi connectivity index (χ0n) is 10.5. The molecule has 1 aromatic rings. The second-order valence-corrected chi connectivity index (χ2v) is 5.18. The van der Waals surface area contributed by atoms with Crippen LogP contribution in [0.25, 0.3) is 0 Å². The number of rotatable bonds is 6. The van der Waals surface area contributed by atoms with E-state index in [1.807, 2.05) is 18.2 Å². The third-order valence-electron chi connectivity index (χ3n) is 3.03. The normalized spacial score (nSPS) is 17.9. The highest BCUT2D eigenvalue weighted by molar-refractivity contribution is 6.31. The summed E-state index contributed by atoms with van der Waals surface area (Å²) < 4.78 is 5.06. The Hall–Kier alpha value is -1.30. The van der Waals surface area contributed by atoms with Crippen LogP contribution in [-0.4, -0.2) is 37.4 Å². The number of nitrogens with two attached hydrogens (primary N) is 1. The minimum atomic E-state index is -0.325. The Labute approximate surface area is 116 Å². The fourth-order valence-electron chi connectivity index (χ4n) is 1.73. The molecule has 0 spiro atoms. The third-order valence-corrected chi connectivity index (χ3v) is 3.40. The summed E-state index contributed by atoms with van der Waals surface area (Å²) >= 11 is 6.03. The van der Waals surface area contributed by atoms with Gasteiger partial charge < -0.3 is 20.4 Å². The Balaban J connectivity index is 1.84. The Morgan fingerprint density at radius 1 is 1.47 bits per heavy atom. The summed E-state index contributed by atoms with van der Waals surface area (Å²) in [5, 5.41) is 13.7. The van der Waals surface area contributed by atoms with Crippen LogP contribution in [0.3, 0.4) is 0 Å². The van der Waals surface area contributed by atoms with Gasteiger partial charge >= 0.3 is 0 Å². The first-order valence-electron chi connectivity index (χ1n) is 6.01. The molecule has 0 saturated carbocycles. The number of ether oxygens (including phenoxy) is 1. The van der Waals surface area contributed by atoms with Crippen LogP contribution in [0.1, 0.15) is 5.56 Å². The van der Waals surface area contributed by atoms with Crippen LogP contribution in [0.15, 0.2) is 29.4 Å². The molecular formula is C13H17ClN2O3. The molecule has 3 N–H and O–H groups in total. The molecule has 0 aromatic heterocycles. The summed E-state index contributed by atoms with van der Waals surface area (Å²) in [6.45, 7) is 1.30. The monoisotopic (exact) mass is 284 g/mol. The molecule has 1 aliphatic rings. The van der Waals surface area contributed by atoms with Gasteiger partial charge in [0.05, 0.1) is 25.2 Å². The molecule has 5 nitrogen and oxygen atoms in total. The maximum absolute atomic E-state index is 9.22. The van der Waals surface area contributed by atoms with Gasteiger partial charge in [0.1, 0.15) is 12.4 Å². The van der Waals surface area contributed by atoms with Crippen molar-refractivity contribution in [1.82, 2.24) is 0 Å². The maximum atomic E-state index is 9.22. The molecule has 2 rings (SSSR count). The molecule has 1 heterocycles. The summed E-state index contributed by atoms with van der Waals surface area (Å²) in [5.41, 5.74) is 6.35. The summed E-state index contributed by atoms with van der Waals surface area (Å²) in [6.07, 6.45) is 0.433. The van der Waals surface area contributed by atoms with Crippen LogP contribution in [0, 0.1) is 5.41 Å². The van der Waals surface area contributed by atoms with Crippen LogP contribution in [0.4, 0.5) is 0 Å². The van der Waals surface area contributed by atoms with E-state index in [9.17, 15) is 5.11 Å². The van der Waals surface area contributed by atoms with E-state index in [-0.39, 0.29) is 12.0 Å². The highest BCUT2D eigenvalue weighted by Crippen LogP contribution is 2.26. The van der Waals surface area contributed by atoms with Crippen LogP contribution < -0.4 is 5.73 Å². The molecule has 0 unspecified atom stereocenters. The lowest BCUT2D eigenvalue weighted by atomic mass is 9.88. The van der Waals surface area contributed by atoms with Gasteiger partial charge in [0.2, 0.25) is 0 Å². The van der Waals surface area contributed by atoms with E-state index in [4.69, 9.17) is 26.9 Å². The lowest BCUT2D eigenvalue weighted by Crippen LogP contribution is -2.48. The van der Waals surface area contributed by atoms with Crippen molar-refractivity contribution in [2.45, 2.75) is 6.42 Å². The second-order valence-electron chi connectivity index (χ2n) is 4.78.